The minimum Gasteiger partial charge on any atom is -0.465 e. The molecule has 0 bridgehead atoms. The molecule has 1 amide bonds. The molecule has 28 heavy (non-hydrogen) atoms. The molecule has 0 saturated carbocycles. The van der Waals surface area contributed by atoms with Gasteiger partial charge in [-0.1, -0.05) is 18.2 Å². The molecule has 0 aliphatic carbocycles. The first kappa shape index (κ1) is 18.6. The third-order valence-corrected chi connectivity index (χ3v) is 5.27. The zero-order valence-corrected chi connectivity index (χ0v) is 15.3. The Morgan fingerprint density at radius 2 is 2.00 bits per heavy atom. The highest BCUT2D eigenvalue weighted by atomic mass is 19.2. The molecule has 6 nitrogen and oxygen atoms in total. The molecule has 1 atom stereocenters. The third-order valence-electron chi connectivity index (χ3n) is 5.27. The van der Waals surface area contributed by atoms with Gasteiger partial charge >= 0.3 is 6.09 Å². The van der Waals surface area contributed by atoms with Crippen LogP contribution >= 0.6 is 0 Å². The van der Waals surface area contributed by atoms with Crippen LogP contribution in [-0.4, -0.2) is 45.6 Å². The Labute approximate surface area is 161 Å². The van der Waals surface area contributed by atoms with Gasteiger partial charge in [-0.15, -0.1) is 0 Å². The van der Waals surface area contributed by atoms with Crippen LogP contribution in [0.5, 0.6) is 0 Å². The summed E-state index contributed by atoms with van der Waals surface area (Å²) in [5, 5.41) is 13.3. The maximum Gasteiger partial charge on any atom is 0.407 e. The number of aromatic nitrogens is 2. The Morgan fingerprint density at radius 3 is 2.68 bits per heavy atom. The first-order valence-electron chi connectivity index (χ1n) is 9.36. The maximum atomic E-state index is 14.8. The van der Waals surface area contributed by atoms with Gasteiger partial charge in [0.05, 0.1) is 6.20 Å². The number of halogens is 2. The van der Waals surface area contributed by atoms with Crippen molar-refractivity contribution in [2.24, 2.45) is 0 Å². The number of benzene rings is 1. The van der Waals surface area contributed by atoms with Crippen molar-refractivity contribution in [1.29, 1.82) is 0 Å². The Morgan fingerprint density at radius 1 is 1.21 bits per heavy atom. The van der Waals surface area contributed by atoms with Gasteiger partial charge in [0, 0.05) is 42.6 Å². The SMILES string of the molecule is O=C(O)N1CC=C(c2ccc(-c3cnn(C4CCCCO4)c3)c(F)c2F)CC1. The second-order valence-electron chi connectivity index (χ2n) is 7.03. The summed E-state index contributed by atoms with van der Waals surface area (Å²) in [5.74, 6) is -1.85. The van der Waals surface area contributed by atoms with Gasteiger partial charge in [0.25, 0.3) is 0 Å². The number of carbonyl (C=O) groups is 1. The molecule has 1 fully saturated rings. The van der Waals surface area contributed by atoms with Crippen LogP contribution in [0.15, 0.2) is 30.6 Å². The van der Waals surface area contributed by atoms with E-state index in [2.05, 4.69) is 5.10 Å². The van der Waals surface area contributed by atoms with E-state index in [4.69, 9.17) is 9.84 Å². The van der Waals surface area contributed by atoms with Crippen molar-refractivity contribution < 1.29 is 23.4 Å². The van der Waals surface area contributed by atoms with Crippen LogP contribution < -0.4 is 0 Å². The number of rotatable bonds is 3. The Hall–Kier alpha value is -2.74. The summed E-state index contributed by atoms with van der Waals surface area (Å²) in [6.07, 6.45) is 6.90. The van der Waals surface area contributed by atoms with E-state index in [0.29, 0.717) is 24.2 Å². The van der Waals surface area contributed by atoms with Crippen LogP contribution in [-0.2, 0) is 4.74 Å². The molecule has 148 valence electrons. The molecular formula is C20H21F2N3O3. The number of ether oxygens (including phenoxy) is 1. The zero-order chi connectivity index (χ0) is 19.7. The summed E-state index contributed by atoms with van der Waals surface area (Å²) in [5.41, 5.74) is 1.43. The van der Waals surface area contributed by atoms with E-state index in [-0.39, 0.29) is 30.4 Å². The van der Waals surface area contributed by atoms with Gasteiger partial charge < -0.3 is 14.7 Å². The van der Waals surface area contributed by atoms with Crippen LogP contribution in [0.2, 0.25) is 0 Å². The monoisotopic (exact) mass is 389 g/mol. The molecule has 1 saturated heterocycles. The van der Waals surface area contributed by atoms with Gasteiger partial charge in [0.2, 0.25) is 0 Å². The summed E-state index contributed by atoms with van der Waals surface area (Å²) in [6, 6.07) is 3.09. The molecule has 1 N–H and O–H groups in total. The normalized spacial score (nSPS) is 20.1. The molecule has 1 unspecified atom stereocenters. The number of hydrogen-bond donors (Lipinski definition) is 1. The topological polar surface area (TPSA) is 67.6 Å². The van der Waals surface area contributed by atoms with Gasteiger partial charge in [0.15, 0.2) is 11.6 Å². The standard InChI is InChI=1S/C20H21F2N3O3/c21-18-15(13-6-8-24(9-7-13)20(26)27)4-5-16(19(18)22)14-11-23-25(12-14)17-3-1-2-10-28-17/h4-6,11-12,17H,1-3,7-10H2,(H,26,27). The Kier molecular flexibility index (Phi) is 5.13. The van der Waals surface area contributed by atoms with Crippen molar-refractivity contribution in [3.8, 4) is 11.1 Å². The maximum absolute atomic E-state index is 14.8. The van der Waals surface area contributed by atoms with E-state index in [0.717, 1.165) is 19.3 Å². The van der Waals surface area contributed by atoms with Crippen molar-refractivity contribution in [2.75, 3.05) is 19.7 Å². The fourth-order valence-electron chi connectivity index (χ4n) is 3.67. The highest BCUT2D eigenvalue weighted by molar-refractivity contribution is 5.74. The molecule has 1 aromatic carbocycles. The number of amides is 1. The molecule has 4 rings (SSSR count). The lowest BCUT2D eigenvalue weighted by Crippen LogP contribution is -2.33. The average molecular weight is 389 g/mol. The van der Waals surface area contributed by atoms with Crippen molar-refractivity contribution in [2.45, 2.75) is 31.9 Å². The Balaban J connectivity index is 1.58. The zero-order valence-electron chi connectivity index (χ0n) is 15.3. The van der Waals surface area contributed by atoms with Gasteiger partial charge in [-0.25, -0.2) is 18.3 Å². The largest absolute Gasteiger partial charge is 0.465 e. The smallest absolute Gasteiger partial charge is 0.407 e. The molecule has 2 aliphatic rings. The van der Waals surface area contributed by atoms with Crippen molar-refractivity contribution in [3.63, 3.8) is 0 Å². The van der Waals surface area contributed by atoms with Gasteiger partial charge in [-0.05, 0) is 31.3 Å². The van der Waals surface area contributed by atoms with Crippen molar-refractivity contribution in [1.82, 2.24) is 14.7 Å². The van der Waals surface area contributed by atoms with Crippen LogP contribution in [0.25, 0.3) is 16.7 Å². The fourth-order valence-corrected chi connectivity index (χ4v) is 3.67. The predicted molar refractivity (Wildman–Crippen MR) is 98.6 cm³/mol. The van der Waals surface area contributed by atoms with Gasteiger partial charge in [-0.3, -0.25) is 0 Å². The molecule has 2 aliphatic heterocycles. The predicted octanol–water partition coefficient (Wildman–Crippen LogP) is 4.29. The molecule has 0 radical (unpaired) electrons. The van der Waals surface area contributed by atoms with E-state index < -0.39 is 17.7 Å². The minimum atomic E-state index is -1.02. The molecular weight excluding hydrogens is 368 g/mol. The lowest BCUT2D eigenvalue weighted by atomic mass is 9.96. The second-order valence-corrected chi connectivity index (χ2v) is 7.03. The van der Waals surface area contributed by atoms with E-state index in [1.807, 2.05) is 0 Å². The number of nitrogens with zero attached hydrogens (tertiary/aromatic N) is 3. The highest BCUT2D eigenvalue weighted by Gasteiger charge is 2.23. The molecule has 3 heterocycles. The number of carboxylic acid groups (broad SMARTS) is 1. The van der Waals surface area contributed by atoms with E-state index in [9.17, 15) is 13.6 Å². The Bertz CT molecular complexity index is 919. The molecule has 2 aromatic rings. The van der Waals surface area contributed by atoms with Crippen LogP contribution in [0.4, 0.5) is 13.6 Å². The lowest BCUT2D eigenvalue weighted by molar-refractivity contribution is -0.0394. The van der Waals surface area contributed by atoms with Crippen LogP contribution in [0.1, 0.15) is 37.5 Å². The minimum absolute atomic E-state index is 0.145. The van der Waals surface area contributed by atoms with E-state index in [1.54, 1.807) is 29.1 Å². The van der Waals surface area contributed by atoms with E-state index in [1.165, 1.54) is 11.1 Å². The van der Waals surface area contributed by atoms with Crippen LogP contribution in [0, 0.1) is 11.6 Å². The number of hydrogen-bond acceptors (Lipinski definition) is 3. The van der Waals surface area contributed by atoms with Gasteiger partial charge in [-0.2, -0.15) is 5.10 Å². The molecule has 1 aromatic heterocycles. The summed E-state index contributed by atoms with van der Waals surface area (Å²) in [6.45, 7) is 1.10. The summed E-state index contributed by atoms with van der Waals surface area (Å²) in [7, 11) is 0. The van der Waals surface area contributed by atoms with Crippen molar-refractivity contribution >= 4 is 11.7 Å². The van der Waals surface area contributed by atoms with Crippen molar-refractivity contribution in [3.05, 3.63) is 47.8 Å². The highest BCUT2D eigenvalue weighted by Crippen LogP contribution is 2.32. The van der Waals surface area contributed by atoms with Gasteiger partial charge in [0.1, 0.15) is 6.23 Å². The van der Waals surface area contributed by atoms with Crippen LogP contribution in [0.3, 0.4) is 0 Å². The van der Waals surface area contributed by atoms with E-state index >= 15 is 0 Å². The second kappa shape index (κ2) is 7.71. The quantitative estimate of drug-likeness (QED) is 0.850. The third kappa shape index (κ3) is 3.52. The summed E-state index contributed by atoms with van der Waals surface area (Å²) >= 11 is 0. The first-order valence-corrected chi connectivity index (χ1v) is 9.36. The molecule has 0 spiro atoms. The molecule has 8 heteroatoms. The first-order chi connectivity index (χ1) is 13.5. The lowest BCUT2D eigenvalue weighted by Gasteiger charge is -2.24. The summed E-state index contributed by atoms with van der Waals surface area (Å²) in [4.78, 5) is 12.2. The summed E-state index contributed by atoms with van der Waals surface area (Å²) < 4.78 is 36.9. The fraction of sp³-hybridized carbons (Fsp3) is 0.400. The average Bonchev–Trinajstić information content (AvgIpc) is 3.21.